The second kappa shape index (κ2) is 3.92. The Kier molecular flexibility index (Phi) is 2.63. The van der Waals surface area contributed by atoms with E-state index in [1.807, 2.05) is 30.0 Å². The molecular weight excluding hydrogens is 176 g/mol. The largest absolute Gasteiger partial charge is 0.325 e. The molecule has 1 fully saturated rings. The highest BCUT2D eigenvalue weighted by Crippen LogP contribution is 2.30. The lowest BCUT2D eigenvalue weighted by Crippen LogP contribution is -2.09. The Hall–Kier alpha value is -1.16. The molecule has 76 valence electrons. The van der Waals surface area contributed by atoms with Gasteiger partial charge in [-0.25, -0.2) is 0 Å². The third kappa shape index (κ3) is 2.67. The highest BCUT2D eigenvalue weighted by atomic mass is 15.4. The van der Waals surface area contributed by atoms with Gasteiger partial charge in [0.1, 0.15) is 5.69 Å². The summed E-state index contributed by atoms with van der Waals surface area (Å²) in [6.07, 6.45) is 8.49. The first-order valence-corrected chi connectivity index (χ1v) is 5.08. The first kappa shape index (κ1) is 9.40. The average molecular weight is 192 g/mol. The molecule has 2 N–H and O–H groups in total. The molecule has 0 saturated heterocycles. The number of rotatable bonds is 4. The third-order valence-corrected chi connectivity index (χ3v) is 2.27. The zero-order valence-corrected chi connectivity index (χ0v) is 8.43. The number of hydrogen-bond donors (Lipinski definition) is 1. The van der Waals surface area contributed by atoms with Crippen LogP contribution in [0.15, 0.2) is 12.3 Å². The van der Waals surface area contributed by atoms with Crippen molar-refractivity contribution >= 4 is 6.08 Å². The summed E-state index contributed by atoms with van der Waals surface area (Å²) in [5, 5.41) is 8.09. The van der Waals surface area contributed by atoms with Crippen molar-refractivity contribution in [2.75, 3.05) is 0 Å². The van der Waals surface area contributed by atoms with Crippen molar-refractivity contribution in [3.8, 4) is 0 Å². The van der Waals surface area contributed by atoms with Crippen LogP contribution in [0.2, 0.25) is 0 Å². The van der Waals surface area contributed by atoms with Crippen LogP contribution in [0.3, 0.4) is 0 Å². The van der Waals surface area contributed by atoms with Crippen LogP contribution in [0.4, 0.5) is 0 Å². The molecule has 4 nitrogen and oxygen atoms in total. The summed E-state index contributed by atoms with van der Waals surface area (Å²) in [6.45, 7) is 2.95. The molecule has 1 atom stereocenters. The van der Waals surface area contributed by atoms with Gasteiger partial charge in [-0.05, 0) is 31.8 Å². The zero-order valence-electron chi connectivity index (χ0n) is 8.43. The van der Waals surface area contributed by atoms with Crippen molar-refractivity contribution in [1.82, 2.24) is 15.0 Å². The summed E-state index contributed by atoms with van der Waals surface area (Å²) in [6, 6.07) is 0.0728. The number of aromatic nitrogens is 3. The molecule has 1 saturated carbocycles. The van der Waals surface area contributed by atoms with Crippen LogP contribution in [0.25, 0.3) is 6.08 Å². The quantitative estimate of drug-likeness (QED) is 0.775. The molecule has 0 aliphatic heterocycles. The Balaban J connectivity index is 1.94. The van der Waals surface area contributed by atoms with Gasteiger partial charge in [-0.1, -0.05) is 11.3 Å². The van der Waals surface area contributed by atoms with E-state index in [-0.39, 0.29) is 6.04 Å². The molecule has 1 unspecified atom stereocenters. The van der Waals surface area contributed by atoms with Crippen LogP contribution in [0, 0.1) is 5.92 Å². The topological polar surface area (TPSA) is 56.7 Å². The van der Waals surface area contributed by atoms with Gasteiger partial charge in [-0.15, -0.1) is 5.10 Å². The maximum atomic E-state index is 5.60. The van der Waals surface area contributed by atoms with Gasteiger partial charge in [-0.3, -0.25) is 4.68 Å². The van der Waals surface area contributed by atoms with E-state index in [4.69, 9.17) is 5.73 Å². The molecule has 0 amide bonds. The van der Waals surface area contributed by atoms with E-state index in [0.29, 0.717) is 0 Å². The Morgan fingerprint density at radius 3 is 3.14 bits per heavy atom. The third-order valence-electron chi connectivity index (χ3n) is 2.27. The summed E-state index contributed by atoms with van der Waals surface area (Å²) in [7, 11) is 0. The fourth-order valence-electron chi connectivity index (χ4n) is 1.29. The fraction of sp³-hybridized carbons (Fsp3) is 0.600. The van der Waals surface area contributed by atoms with E-state index in [1.54, 1.807) is 0 Å². The molecule has 1 aliphatic carbocycles. The van der Waals surface area contributed by atoms with Gasteiger partial charge in [0.2, 0.25) is 0 Å². The van der Waals surface area contributed by atoms with E-state index >= 15 is 0 Å². The van der Waals surface area contributed by atoms with Gasteiger partial charge in [0.25, 0.3) is 0 Å². The van der Waals surface area contributed by atoms with Gasteiger partial charge >= 0.3 is 0 Å². The lowest BCUT2D eigenvalue weighted by atomic mass is 10.3. The van der Waals surface area contributed by atoms with Gasteiger partial charge < -0.3 is 5.73 Å². The molecule has 2 rings (SSSR count). The lowest BCUT2D eigenvalue weighted by molar-refractivity contribution is 0.544. The van der Waals surface area contributed by atoms with Gasteiger partial charge in [-0.2, -0.15) is 0 Å². The van der Waals surface area contributed by atoms with E-state index in [9.17, 15) is 0 Å². The molecule has 14 heavy (non-hydrogen) atoms. The predicted molar refractivity (Wildman–Crippen MR) is 55.4 cm³/mol. The maximum Gasteiger partial charge on any atom is 0.105 e. The van der Waals surface area contributed by atoms with Gasteiger partial charge in [0.15, 0.2) is 0 Å². The average Bonchev–Trinajstić information content (AvgIpc) is 2.81. The number of hydrogen-bond acceptors (Lipinski definition) is 3. The van der Waals surface area contributed by atoms with E-state index in [2.05, 4.69) is 10.3 Å². The molecule has 0 radical (unpaired) electrons. The minimum Gasteiger partial charge on any atom is -0.325 e. The molecule has 1 aliphatic rings. The molecule has 4 heteroatoms. The molecule has 0 bridgehead atoms. The maximum absolute atomic E-state index is 5.60. The second-order valence-corrected chi connectivity index (χ2v) is 4.03. The van der Waals surface area contributed by atoms with E-state index < -0.39 is 0 Å². The summed E-state index contributed by atoms with van der Waals surface area (Å²) >= 11 is 0. The van der Waals surface area contributed by atoms with E-state index in [1.165, 1.54) is 12.8 Å². The van der Waals surface area contributed by atoms with Crippen molar-refractivity contribution in [3.05, 3.63) is 18.0 Å². The Morgan fingerprint density at radius 1 is 1.71 bits per heavy atom. The van der Waals surface area contributed by atoms with Crippen LogP contribution in [0.1, 0.15) is 25.5 Å². The van der Waals surface area contributed by atoms with Crippen molar-refractivity contribution < 1.29 is 0 Å². The zero-order chi connectivity index (χ0) is 9.97. The molecule has 0 aromatic carbocycles. The summed E-state index contributed by atoms with van der Waals surface area (Å²) in [5.41, 5.74) is 6.49. The SMILES string of the molecule is CC(N)/C=C/c1cn(CC2CC2)nn1. The number of nitrogens with zero attached hydrogens (tertiary/aromatic N) is 3. The van der Waals surface area contributed by atoms with Crippen LogP contribution in [-0.2, 0) is 6.54 Å². The highest BCUT2D eigenvalue weighted by Gasteiger charge is 2.21. The van der Waals surface area contributed by atoms with Crippen molar-refractivity contribution in [1.29, 1.82) is 0 Å². The fourth-order valence-corrected chi connectivity index (χ4v) is 1.29. The number of nitrogens with two attached hydrogens (primary N) is 1. The Morgan fingerprint density at radius 2 is 2.50 bits per heavy atom. The van der Waals surface area contributed by atoms with Crippen molar-refractivity contribution in [2.45, 2.75) is 32.4 Å². The highest BCUT2D eigenvalue weighted by molar-refractivity contribution is 5.43. The first-order valence-electron chi connectivity index (χ1n) is 5.08. The van der Waals surface area contributed by atoms with Gasteiger partial charge in [0.05, 0.1) is 6.20 Å². The lowest BCUT2D eigenvalue weighted by Gasteiger charge is -1.94. The monoisotopic (exact) mass is 192 g/mol. The summed E-state index contributed by atoms with van der Waals surface area (Å²) in [4.78, 5) is 0. The molecular formula is C10H16N4. The summed E-state index contributed by atoms with van der Waals surface area (Å²) < 4.78 is 1.92. The van der Waals surface area contributed by atoms with Crippen LogP contribution >= 0.6 is 0 Å². The first-order chi connectivity index (χ1) is 6.74. The second-order valence-electron chi connectivity index (χ2n) is 4.03. The predicted octanol–water partition coefficient (Wildman–Crippen LogP) is 1.05. The normalized spacial score (nSPS) is 19.0. The molecule has 0 spiro atoms. The minimum absolute atomic E-state index is 0.0728. The molecule has 1 aromatic heterocycles. The van der Waals surface area contributed by atoms with Gasteiger partial charge in [0, 0.05) is 12.6 Å². The standard InChI is InChI=1S/C10H16N4/c1-8(11)2-5-10-7-14(13-12-10)6-9-3-4-9/h2,5,7-9H,3-4,6,11H2,1H3/b5-2+. The summed E-state index contributed by atoms with van der Waals surface area (Å²) in [5.74, 6) is 0.835. The van der Waals surface area contributed by atoms with Crippen LogP contribution < -0.4 is 5.73 Å². The minimum atomic E-state index is 0.0728. The van der Waals surface area contributed by atoms with E-state index in [0.717, 1.165) is 18.2 Å². The smallest absolute Gasteiger partial charge is 0.105 e. The van der Waals surface area contributed by atoms with Crippen molar-refractivity contribution in [3.63, 3.8) is 0 Å². The van der Waals surface area contributed by atoms with Crippen molar-refractivity contribution in [2.24, 2.45) is 11.7 Å². The molecule has 1 heterocycles. The Bertz CT molecular complexity index is 323. The van der Waals surface area contributed by atoms with Crippen LogP contribution in [0.5, 0.6) is 0 Å². The Labute approximate surface area is 83.8 Å². The van der Waals surface area contributed by atoms with Crippen LogP contribution in [-0.4, -0.2) is 21.0 Å². The molecule has 1 aromatic rings.